The van der Waals surface area contributed by atoms with Crippen molar-refractivity contribution in [3.8, 4) is 0 Å². The summed E-state index contributed by atoms with van der Waals surface area (Å²) in [5.74, 6) is -1.15. The van der Waals surface area contributed by atoms with Crippen LogP contribution in [0.2, 0.25) is 0 Å². The van der Waals surface area contributed by atoms with Gasteiger partial charge in [0, 0.05) is 13.1 Å². The largest absolute Gasteiger partial charge is 0.466 e. The van der Waals surface area contributed by atoms with Gasteiger partial charge >= 0.3 is 18.2 Å². The zero-order valence-corrected chi connectivity index (χ0v) is 16.8. The summed E-state index contributed by atoms with van der Waals surface area (Å²) in [5.41, 5.74) is 0.192. The summed E-state index contributed by atoms with van der Waals surface area (Å²) in [6.45, 7) is 7.57. The molecule has 28 heavy (non-hydrogen) atoms. The minimum atomic E-state index is -0.684. The van der Waals surface area contributed by atoms with Crippen LogP contribution >= 0.6 is 0 Å². The van der Waals surface area contributed by atoms with Crippen molar-refractivity contribution in [3.63, 3.8) is 0 Å². The fourth-order valence-corrected chi connectivity index (χ4v) is 2.83. The second-order valence-corrected chi connectivity index (χ2v) is 7.56. The SMILES string of the molecule is CCOC(=O)C1CN(C(=O)OC(C)(C)C)C[C@@H]1NC(=O)OCc1ccccc1. The van der Waals surface area contributed by atoms with Crippen LogP contribution in [0.3, 0.4) is 0 Å². The Morgan fingerprint density at radius 3 is 2.39 bits per heavy atom. The van der Waals surface area contributed by atoms with Crippen LogP contribution in [-0.4, -0.2) is 54.4 Å². The summed E-state index contributed by atoms with van der Waals surface area (Å²) >= 11 is 0. The summed E-state index contributed by atoms with van der Waals surface area (Å²) in [4.78, 5) is 38.2. The number of rotatable bonds is 5. The molecule has 0 bridgehead atoms. The molecule has 2 rings (SSSR count). The predicted octanol–water partition coefficient (Wildman–Crippen LogP) is 2.71. The lowest BCUT2D eigenvalue weighted by atomic mass is 10.0. The molecule has 0 aromatic heterocycles. The highest BCUT2D eigenvalue weighted by Crippen LogP contribution is 2.22. The van der Waals surface area contributed by atoms with E-state index in [0.29, 0.717) is 0 Å². The molecule has 8 nitrogen and oxygen atoms in total. The normalized spacial score (nSPS) is 19.1. The van der Waals surface area contributed by atoms with Gasteiger partial charge in [0.2, 0.25) is 0 Å². The molecule has 1 aliphatic rings. The van der Waals surface area contributed by atoms with Crippen molar-refractivity contribution in [1.82, 2.24) is 10.2 Å². The Labute approximate surface area is 165 Å². The number of alkyl carbamates (subject to hydrolysis) is 1. The molecule has 0 radical (unpaired) electrons. The first-order chi connectivity index (χ1) is 13.2. The predicted molar refractivity (Wildman–Crippen MR) is 101 cm³/mol. The van der Waals surface area contributed by atoms with E-state index in [0.717, 1.165) is 5.56 Å². The minimum Gasteiger partial charge on any atom is -0.466 e. The second-order valence-electron chi connectivity index (χ2n) is 7.56. The van der Waals surface area contributed by atoms with E-state index in [2.05, 4.69) is 5.32 Å². The van der Waals surface area contributed by atoms with Crippen molar-refractivity contribution in [2.45, 2.75) is 45.9 Å². The Kier molecular flexibility index (Phi) is 7.25. The number of nitrogens with zero attached hydrogens (tertiary/aromatic N) is 1. The Balaban J connectivity index is 1.98. The van der Waals surface area contributed by atoms with Gasteiger partial charge in [-0.15, -0.1) is 0 Å². The second kappa shape index (κ2) is 9.43. The van der Waals surface area contributed by atoms with Gasteiger partial charge in [0.05, 0.1) is 18.6 Å². The van der Waals surface area contributed by atoms with Crippen LogP contribution in [0.15, 0.2) is 30.3 Å². The molecule has 2 amide bonds. The van der Waals surface area contributed by atoms with Crippen molar-refractivity contribution >= 4 is 18.2 Å². The first-order valence-corrected chi connectivity index (χ1v) is 9.31. The number of amides is 2. The summed E-state index contributed by atoms with van der Waals surface area (Å²) in [6.07, 6.45) is -1.20. The lowest BCUT2D eigenvalue weighted by Gasteiger charge is -2.24. The van der Waals surface area contributed by atoms with Crippen molar-refractivity contribution in [1.29, 1.82) is 0 Å². The first-order valence-electron chi connectivity index (χ1n) is 9.31. The molecule has 0 spiro atoms. The summed E-state index contributed by atoms with van der Waals surface area (Å²) in [5, 5.41) is 2.67. The van der Waals surface area contributed by atoms with Gasteiger partial charge in [-0.25, -0.2) is 9.59 Å². The van der Waals surface area contributed by atoms with Gasteiger partial charge in [0.25, 0.3) is 0 Å². The quantitative estimate of drug-likeness (QED) is 0.612. The van der Waals surface area contributed by atoms with Crippen LogP contribution in [0.1, 0.15) is 33.3 Å². The molecule has 8 heteroatoms. The molecule has 2 atom stereocenters. The third kappa shape index (κ3) is 6.44. The molecule has 1 aromatic rings. The highest BCUT2D eigenvalue weighted by Gasteiger charge is 2.42. The number of likely N-dealkylation sites (tertiary alicyclic amines) is 1. The Bertz CT molecular complexity index is 686. The first kappa shape index (κ1) is 21.5. The van der Waals surface area contributed by atoms with Crippen LogP contribution in [0.25, 0.3) is 0 Å². The van der Waals surface area contributed by atoms with E-state index in [1.807, 2.05) is 30.3 Å². The Hall–Kier alpha value is -2.77. The fraction of sp³-hybridized carbons (Fsp3) is 0.550. The van der Waals surface area contributed by atoms with Gasteiger partial charge in [-0.1, -0.05) is 30.3 Å². The van der Waals surface area contributed by atoms with Crippen LogP contribution in [0, 0.1) is 5.92 Å². The van der Waals surface area contributed by atoms with E-state index >= 15 is 0 Å². The molecular formula is C20H28N2O6. The fourth-order valence-electron chi connectivity index (χ4n) is 2.83. The average molecular weight is 392 g/mol. The molecule has 1 heterocycles. The molecule has 1 aliphatic heterocycles. The van der Waals surface area contributed by atoms with Crippen molar-refractivity contribution in [2.75, 3.05) is 19.7 Å². The van der Waals surface area contributed by atoms with E-state index in [9.17, 15) is 14.4 Å². The molecule has 0 saturated carbocycles. The summed E-state index contributed by atoms with van der Waals surface area (Å²) < 4.78 is 15.7. The number of benzene rings is 1. The molecule has 1 fully saturated rings. The van der Waals surface area contributed by atoms with Gasteiger partial charge in [0.15, 0.2) is 0 Å². The number of nitrogens with one attached hydrogen (secondary N) is 1. The smallest absolute Gasteiger partial charge is 0.410 e. The number of carbonyl (C=O) groups is 3. The molecule has 1 aromatic carbocycles. The number of esters is 1. The Morgan fingerprint density at radius 1 is 1.11 bits per heavy atom. The van der Waals surface area contributed by atoms with Crippen molar-refractivity contribution in [2.24, 2.45) is 5.92 Å². The number of ether oxygens (including phenoxy) is 3. The van der Waals surface area contributed by atoms with Crippen LogP contribution in [-0.2, 0) is 25.6 Å². The highest BCUT2D eigenvalue weighted by atomic mass is 16.6. The zero-order chi connectivity index (χ0) is 20.7. The van der Waals surface area contributed by atoms with Crippen molar-refractivity contribution in [3.05, 3.63) is 35.9 Å². The molecule has 1 saturated heterocycles. The summed E-state index contributed by atoms with van der Waals surface area (Å²) in [7, 11) is 0. The Morgan fingerprint density at radius 2 is 1.79 bits per heavy atom. The van der Waals surface area contributed by atoms with Crippen LogP contribution in [0.4, 0.5) is 9.59 Å². The lowest BCUT2D eigenvalue weighted by molar-refractivity contribution is -0.148. The average Bonchev–Trinajstić information content (AvgIpc) is 3.04. The van der Waals surface area contributed by atoms with Gasteiger partial charge in [-0.3, -0.25) is 4.79 Å². The van der Waals surface area contributed by atoms with Crippen LogP contribution < -0.4 is 5.32 Å². The molecular weight excluding hydrogens is 364 g/mol. The maximum absolute atomic E-state index is 12.3. The molecule has 1 N–H and O–H groups in total. The van der Waals surface area contributed by atoms with E-state index in [1.54, 1.807) is 27.7 Å². The van der Waals surface area contributed by atoms with Gasteiger partial charge in [-0.05, 0) is 33.3 Å². The topological polar surface area (TPSA) is 94.2 Å². The van der Waals surface area contributed by atoms with E-state index in [4.69, 9.17) is 14.2 Å². The molecule has 154 valence electrons. The van der Waals surface area contributed by atoms with E-state index < -0.39 is 35.7 Å². The monoisotopic (exact) mass is 392 g/mol. The lowest BCUT2D eigenvalue weighted by Crippen LogP contribution is -2.44. The van der Waals surface area contributed by atoms with E-state index in [-0.39, 0.29) is 26.3 Å². The minimum absolute atomic E-state index is 0.109. The number of carbonyl (C=O) groups excluding carboxylic acids is 3. The van der Waals surface area contributed by atoms with E-state index in [1.165, 1.54) is 4.90 Å². The van der Waals surface area contributed by atoms with Gasteiger partial charge in [-0.2, -0.15) is 0 Å². The number of hydrogen-bond donors (Lipinski definition) is 1. The van der Waals surface area contributed by atoms with Crippen LogP contribution in [0.5, 0.6) is 0 Å². The maximum Gasteiger partial charge on any atom is 0.410 e. The third-order valence-electron chi connectivity index (χ3n) is 4.08. The summed E-state index contributed by atoms with van der Waals surface area (Å²) in [6, 6.07) is 8.64. The van der Waals surface area contributed by atoms with Gasteiger partial charge < -0.3 is 24.4 Å². The standard InChI is InChI=1S/C20H28N2O6/c1-5-26-17(23)15-11-22(19(25)28-20(2,3)4)12-16(15)21-18(24)27-13-14-9-7-6-8-10-14/h6-10,15-16H,5,11-13H2,1-4H3,(H,21,24)/t15?,16-/m0/s1. The molecule has 0 aliphatic carbocycles. The van der Waals surface area contributed by atoms with Gasteiger partial charge in [0.1, 0.15) is 12.2 Å². The third-order valence-corrected chi connectivity index (χ3v) is 4.08. The molecule has 1 unspecified atom stereocenters. The number of hydrogen-bond acceptors (Lipinski definition) is 6. The highest BCUT2D eigenvalue weighted by molar-refractivity contribution is 5.78. The maximum atomic E-state index is 12.3. The van der Waals surface area contributed by atoms with Crippen molar-refractivity contribution < 1.29 is 28.6 Å². The zero-order valence-electron chi connectivity index (χ0n) is 16.8.